The van der Waals surface area contributed by atoms with Crippen LogP contribution in [-0.4, -0.2) is 38.5 Å². The predicted molar refractivity (Wildman–Crippen MR) is 88.7 cm³/mol. The standard InChI is InChI=1S/C17H15ClN4O/c1-11-10-12(5-6-13(11)18)16-15(17(23)21-8-3-9-21)20-14-4-2-7-19-22(14)16/h2,4-7,10H,3,8-9H2,1H3. The quantitative estimate of drug-likeness (QED) is 0.726. The fraction of sp³-hybridized carbons (Fsp3) is 0.235. The average Bonchev–Trinajstić information content (AvgIpc) is 2.88. The highest BCUT2D eigenvalue weighted by Crippen LogP contribution is 2.29. The number of benzene rings is 1. The van der Waals surface area contributed by atoms with E-state index in [0.29, 0.717) is 16.4 Å². The van der Waals surface area contributed by atoms with Crippen molar-refractivity contribution in [1.29, 1.82) is 0 Å². The minimum Gasteiger partial charge on any atom is -0.337 e. The minimum absolute atomic E-state index is 0.0376. The van der Waals surface area contributed by atoms with Crippen LogP contribution >= 0.6 is 11.6 Å². The van der Waals surface area contributed by atoms with Gasteiger partial charge >= 0.3 is 0 Å². The van der Waals surface area contributed by atoms with Crippen LogP contribution in [0.25, 0.3) is 16.9 Å². The van der Waals surface area contributed by atoms with Gasteiger partial charge in [0.2, 0.25) is 0 Å². The number of likely N-dealkylation sites (tertiary alicyclic amines) is 1. The topological polar surface area (TPSA) is 50.5 Å². The summed E-state index contributed by atoms with van der Waals surface area (Å²) in [5.74, 6) is -0.0376. The maximum absolute atomic E-state index is 12.7. The van der Waals surface area contributed by atoms with E-state index in [1.54, 1.807) is 10.7 Å². The number of hydrogen-bond acceptors (Lipinski definition) is 3. The molecule has 0 spiro atoms. The van der Waals surface area contributed by atoms with Gasteiger partial charge in [0.05, 0.1) is 0 Å². The van der Waals surface area contributed by atoms with E-state index < -0.39 is 0 Å². The van der Waals surface area contributed by atoms with Crippen LogP contribution in [0.1, 0.15) is 22.5 Å². The third-order valence-corrected chi connectivity index (χ3v) is 4.59. The zero-order valence-electron chi connectivity index (χ0n) is 12.7. The van der Waals surface area contributed by atoms with E-state index in [1.165, 1.54) is 0 Å². The Morgan fingerprint density at radius 3 is 2.78 bits per heavy atom. The van der Waals surface area contributed by atoms with E-state index >= 15 is 0 Å². The Labute approximate surface area is 138 Å². The second-order valence-electron chi connectivity index (χ2n) is 5.71. The van der Waals surface area contributed by atoms with Gasteiger partial charge in [-0.2, -0.15) is 5.10 Å². The summed E-state index contributed by atoms with van der Waals surface area (Å²) in [6.07, 6.45) is 2.74. The van der Waals surface area contributed by atoms with Crippen LogP contribution in [0.5, 0.6) is 0 Å². The van der Waals surface area contributed by atoms with Crippen LogP contribution in [0, 0.1) is 6.92 Å². The van der Waals surface area contributed by atoms with Gasteiger partial charge in [0.25, 0.3) is 5.91 Å². The molecule has 5 nitrogen and oxygen atoms in total. The van der Waals surface area contributed by atoms with Gasteiger partial charge in [-0.05, 0) is 43.2 Å². The number of rotatable bonds is 2. The van der Waals surface area contributed by atoms with Gasteiger partial charge in [0.1, 0.15) is 5.69 Å². The molecule has 1 aromatic carbocycles. The molecular weight excluding hydrogens is 312 g/mol. The molecule has 0 atom stereocenters. The van der Waals surface area contributed by atoms with Gasteiger partial charge in [0.15, 0.2) is 11.3 Å². The minimum atomic E-state index is -0.0376. The van der Waals surface area contributed by atoms with Crippen LogP contribution < -0.4 is 0 Å². The van der Waals surface area contributed by atoms with Crippen LogP contribution in [0.3, 0.4) is 0 Å². The first-order valence-corrected chi connectivity index (χ1v) is 7.92. The maximum atomic E-state index is 12.7. The Bertz CT molecular complexity index is 914. The smallest absolute Gasteiger partial charge is 0.274 e. The first kappa shape index (κ1) is 14.2. The van der Waals surface area contributed by atoms with Crippen molar-refractivity contribution >= 4 is 23.2 Å². The van der Waals surface area contributed by atoms with Gasteiger partial charge in [-0.3, -0.25) is 4.79 Å². The SMILES string of the molecule is Cc1cc(-c2c(C(=O)N3CCC3)nc3cccnn23)ccc1Cl. The third-order valence-electron chi connectivity index (χ3n) is 4.17. The van der Waals surface area contributed by atoms with E-state index in [-0.39, 0.29) is 5.91 Å². The molecule has 0 N–H and O–H groups in total. The lowest BCUT2D eigenvalue weighted by atomic mass is 10.1. The van der Waals surface area contributed by atoms with E-state index in [4.69, 9.17) is 11.6 Å². The van der Waals surface area contributed by atoms with E-state index in [2.05, 4.69) is 10.1 Å². The second-order valence-corrected chi connectivity index (χ2v) is 6.12. The predicted octanol–water partition coefficient (Wildman–Crippen LogP) is 3.20. The lowest BCUT2D eigenvalue weighted by Gasteiger charge is -2.30. The number of aryl methyl sites for hydroxylation is 1. The third kappa shape index (κ3) is 2.28. The molecule has 6 heteroatoms. The summed E-state index contributed by atoms with van der Waals surface area (Å²) in [6.45, 7) is 3.53. The summed E-state index contributed by atoms with van der Waals surface area (Å²) in [6, 6.07) is 9.38. The molecule has 1 fully saturated rings. The second kappa shape index (κ2) is 5.35. The number of imidazole rings is 1. The van der Waals surface area contributed by atoms with Gasteiger partial charge < -0.3 is 4.90 Å². The molecule has 2 aromatic heterocycles. The van der Waals surface area contributed by atoms with Crippen molar-refractivity contribution in [1.82, 2.24) is 19.5 Å². The molecule has 1 aliphatic heterocycles. The summed E-state index contributed by atoms with van der Waals surface area (Å²) in [7, 11) is 0. The van der Waals surface area contributed by atoms with E-state index in [9.17, 15) is 4.79 Å². The van der Waals surface area contributed by atoms with Gasteiger partial charge in [-0.25, -0.2) is 9.50 Å². The molecule has 0 radical (unpaired) electrons. The number of aromatic nitrogens is 3. The first-order chi connectivity index (χ1) is 11.1. The highest BCUT2D eigenvalue weighted by molar-refractivity contribution is 6.31. The molecule has 0 unspecified atom stereocenters. The Morgan fingerprint density at radius 2 is 2.09 bits per heavy atom. The molecule has 1 aliphatic rings. The molecule has 0 bridgehead atoms. The number of hydrogen-bond donors (Lipinski definition) is 0. The first-order valence-electron chi connectivity index (χ1n) is 7.55. The van der Waals surface area contributed by atoms with Gasteiger partial charge in [0, 0.05) is 29.9 Å². The molecular formula is C17H15ClN4O. The molecule has 0 aliphatic carbocycles. The van der Waals surface area contributed by atoms with Crippen LogP contribution in [-0.2, 0) is 0 Å². The van der Waals surface area contributed by atoms with E-state index in [1.807, 2.05) is 42.2 Å². The van der Waals surface area contributed by atoms with Crippen molar-refractivity contribution in [2.24, 2.45) is 0 Å². The van der Waals surface area contributed by atoms with Crippen LogP contribution in [0.4, 0.5) is 0 Å². The fourth-order valence-corrected chi connectivity index (χ4v) is 2.88. The Balaban J connectivity index is 1.95. The number of halogens is 1. The van der Waals surface area contributed by atoms with Crippen LogP contribution in [0.2, 0.25) is 5.02 Å². The lowest BCUT2D eigenvalue weighted by Crippen LogP contribution is -2.42. The normalized spacial score (nSPS) is 14.1. The van der Waals surface area contributed by atoms with Crippen molar-refractivity contribution in [2.45, 2.75) is 13.3 Å². The molecule has 3 aromatic rings. The molecule has 23 heavy (non-hydrogen) atoms. The molecule has 0 saturated carbocycles. The van der Waals surface area contributed by atoms with Crippen molar-refractivity contribution in [3.63, 3.8) is 0 Å². The lowest BCUT2D eigenvalue weighted by molar-refractivity contribution is 0.0647. The Kier molecular flexibility index (Phi) is 3.31. The largest absolute Gasteiger partial charge is 0.337 e. The molecule has 4 rings (SSSR count). The summed E-state index contributed by atoms with van der Waals surface area (Å²) in [5, 5.41) is 5.07. The van der Waals surface area contributed by atoms with Gasteiger partial charge in [-0.1, -0.05) is 17.7 Å². The summed E-state index contributed by atoms with van der Waals surface area (Å²) >= 11 is 6.13. The number of amides is 1. The molecule has 1 amide bonds. The zero-order chi connectivity index (χ0) is 16.0. The summed E-state index contributed by atoms with van der Waals surface area (Å²) in [5.41, 5.74) is 3.68. The molecule has 3 heterocycles. The van der Waals surface area contributed by atoms with Crippen molar-refractivity contribution in [3.8, 4) is 11.3 Å². The Morgan fingerprint density at radius 1 is 1.26 bits per heavy atom. The fourth-order valence-electron chi connectivity index (χ4n) is 2.76. The van der Waals surface area contributed by atoms with Crippen molar-refractivity contribution in [3.05, 3.63) is 52.8 Å². The molecule has 116 valence electrons. The maximum Gasteiger partial charge on any atom is 0.274 e. The summed E-state index contributed by atoms with van der Waals surface area (Å²) < 4.78 is 1.72. The van der Waals surface area contributed by atoms with Crippen molar-refractivity contribution in [2.75, 3.05) is 13.1 Å². The number of fused-ring (bicyclic) bond motifs is 1. The van der Waals surface area contributed by atoms with Crippen LogP contribution in [0.15, 0.2) is 36.5 Å². The molecule has 1 saturated heterocycles. The average molecular weight is 327 g/mol. The zero-order valence-corrected chi connectivity index (χ0v) is 13.4. The van der Waals surface area contributed by atoms with Gasteiger partial charge in [-0.15, -0.1) is 0 Å². The monoisotopic (exact) mass is 326 g/mol. The van der Waals surface area contributed by atoms with E-state index in [0.717, 1.165) is 36.3 Å². The summed E-state index contributed by atoms with van der Waals surface area (Å²) in [4.78, 5) is 19.1. The number of carbonyl (C=O) groups is 1. The number of nitrogens with zero attached hydrogens (tertiary/aromatic N) is 4. The van der Waals surface area contributed by atoms with Crippen molar-refractivity contribution < 1.29 is 4.79 Å². The number of carbonyl (C=O) groups excluding carboxylic acids is 1. The highest BCUT2D eigenvalue weighted by atomic mass is 35.5. The Hall–Kier alpha value is -2.40. The highest BCUT2D eigenvalue weighted by Gasteiger charge is 2.28.